The van der Waals surface area contributed by atoms with Gasteiger partial charge in [-0.05, 0) is 23.4 Å². The van der Waals surface area contributed by atoms with Gasteiger partial charge in [-0.3, -0.25) is 4.79 Å². The summed E-state index contributed by atoms with van der Waals surface area (Å²) in [5.41, 5.74) is 1.03. The van der Waals surface area contributed by atoms with E-state index in [-0.39, 0.29) is 19.0 Å². The maximum absolute atomic E-state index is 12.1. The lowest BCUT2D eigenvalue weighted by Crippen LogP contribution is -2.29. The van der Waals surface area contributed by atoms with Crippen molar-refractivity contribution in [2.24, 2.45) is 0 Å². The molecule has 1 aliphatic rings. The average Bonchev–Trinajstić information content (AvgIpc) is 2.85. The molecule has 2 atom stereocenters. The van der Waals surface area contributed by atoms with E-state index in [1.165, 1.54) is 16.2 Å². The molecule has 0 saturated carbocycles. The van der Waals surface area contributed by atoms with Crippen LogP contribution in [-0.4, -0.2) is 46.3 Å². The Labute approximate surface area is 98.1 Å². The fraction of sp³-hybridized carbons (Fsp3) is 0.545. The number of thiophene rings is 1. The Kier molecular flexibility index (Phi) is 3.28. The summed E-state index contributed by atoms with van der Waals surface area (Å²) in [5.74, 6) is -0.0811. The number of carbonyl (C=O) groups excluding carboxylic acids is 1. The summed E-state index contributed by atoms with van der Waals surface area (Å²) < 4.78 is 0. The summed E-state index contributed by atoms with van der Waals surface area (Å²) in [6.45, 7) is 2.45. The maximum Gasteiger partial charge on any atom is 0.264 e. The molecule has 16 heavy (non-hydrogen) atoms. The molecule has 2 heterocycles. The van der Waals surface area contributed by atoms with E-state index in [0.717, 1.165) is 16.9 Å². The summed E-state index contributed by atoms with van der Waals surface area (Å²) in [6, 6.07) is 1.95. The zero-order valence-corrected chi connectivity index (χ0v) is 9.91. The first-order chi connectivity index (χ1) is 7.63. The van der Waals surface area contributed by atoms with Gasteiger partial charge in [0.2, 0.25) is 0 Å². The molecule has 1 amide bonds. The van der Waals surface area contributed by atoms with Crippen LogP contribution in [0.15, 0.2) is 11.4 Å². The first kappa shape index (κ1) is 11.6. The third-order valence-corrected chi connectivity index (χ3v) is 3.81. The molecule has 0 aromatic carbocycles. The molecule has 1 aromatic rings. The predicted molar refractivity (Wildman–Crippen MR) is 61.6 cm³/mol. The molecule has 1 saturated heterocycles. The Hall–Kier alpha value is -0.910. The van der Waals surface area contributed by atoms with Crippen LogP contribution in [0.1, 0.15) is 22.2 Å². The third kappa shape index (κ3) is 1.98. The van der Waals surface area contributed by atoms with E-state index >= 15 is 0 Å². The number of likely N-dealkylation sites (tertiary alicyclic amines) is 1. The second-order valence-corrected chi connectivity index (χ2v) is 4.89. The Morgan fingerprint density at radius 3 is 2.69 bits per heavy atom. The standard InChI is InChI=1S/C11H15NO3S/c1-2-7-3-4-16-10(7)11(15)12-5-8(13)9(14)6-12/h3-4,8-9,13-14H,2,5-6H2,1H3. The van der Waals surface area contributed by atoms with Crippen molar-refractivity contribution in [1.29, 1.82) is 0 Å². The van der Waals surface area contributed by atoms with Gasteiger partial charge < -0.3 is 15.1 Å². The number of aliphatic hydroxyl groups excluding tert-OH is 2. The van der Waals surface area contributed by atoms with Gasteiger partial charge in [-0.2, -0.15) is 0 Å². The van der Waals surface area contributed by atoms with Crippen molar-refractivity contribution in [1.82, 2.24) is 4.90 Å². The van der Waals surface area contributed by atoms with E-state index in [1.807, 2.05) is 18.4 Å². The van der Waals surface area contributed by atoms with Crippen molar-refractivity contribution < 1.29 is 15.0 Å². The maximum atomic E-state index is 12.1. The van der Waals surface area contributed by atoms with Crippen LogP contribution in [0.2, 0.25) is 0 Å². The number of β-amino-alcohol motifs (C(OH)–C–C–N with tert-alkyl or cyclic N) is 2. The number of nitrogens with zero attached hydrogens (tertiary/aromatic N) is 1. The molecule has 0 aliphatic carbocycles. The van der Waals surface area contributed by atoms with Crippen LogP contribution in [0, 0.1) is 0 Å². The highest BCUT2D eigenvalue weighted by Crippen LogP contribution is 2.22. The Morgan fingerprint density at radius 2 is 2.12 bits per heavy atom. The van der Waals surface area contributed by atoms with Crippen molar-refractivity contribution in [3.05, 3.63) is 21.9 Å². The number of hydrogen-bond acceptors (Lipinski definition) is 4. The molecule has 2 rings (SSSR count). The second kappa shape index (κ2) is 4.53. The molecular weight excluding hydrogens is 226 g/mol. The van der Waals surface area contributed by atoms with Gasteiger partial charge in [-0.1, -0.05) is 6.92 Å². The van der Waals surface area contributed by atoms with Crippen molar-refractivity contribution in [3.63, 3.8) is 0 Å². The number of amides is 1. The van der Waals surface area contributed by atoms with Crippen LogP contribution in [0.5, 0.6) is 0 Å². The van der Waals surface area contributed by atoms with Gasteiger partial charge in [-0.15, -0.1) is 11.3 Å². The number of hydrogen-bond donors (Lipinski definition) is 2. The molecule has 2 unspecified atom stereocenters. The van der Waals surface area contributed by atoms with Crippen LogP contribution < -0.4 is 0 Å². The quantitative estimate of drug-likeness (QED) is 0.792. The molecule has 0 bridgehead atoms. The molecule has 5 heteroatoms. The van der Waals surface area contributed by atoms with Crippen LogP contribution in [0.25, 0.3) is 0 Å². The lowest BCUT2D eigenvalue weighted by Gasteiger charge is -2.14. The molecule has 1 aromatic heterocycles. The molecule has 0 radical (unpaired) electrons. The molecule has 2 N–H and O–H groups in total. The number of rotatable bonds is 2. The summed E-state index contributed by atoms with van der Waals surface area (Å²) in [4.78, 5) is 14.3. The van der Waals surface area contributed by atoms with E-state index in [0.29, 0.717) is 0 Å². The normalized spacial score (nSPS) is 25.1. The van der Waals surface area contributed by atoms with E-state index in [2.05, 4.69) is 0 Å². The SMILES string of the molecule is CCc1ccsc1C(=O)N1CC(O)C(O)C1. The number of aryl methyl sites for hydroxylation is 1. The largest absolute Gasteiger partial charge is 0.388 e. The molecule has 0 spiro atoms. The van der Waals surface area contributed by atoms with E-state index in [9.17, 15) is 15.0 Å². The molecule has 1 fully saturated rings. The molecule has 1 aliphatic heterocycles. The van der Waals surface area contributed by atoms with Gasteiger partial charge in [0.15, 0.2) is 0 Å². The second-order valence-electron chi connectivity index (χ2n) is 3.97. The lowest BCUT2D eigenvalue weighted by molar-refractivity contribution is 0.0572. The van der Waals surface area contributed by atoms with E-state index in [1.54, 1.807) is 0 Å². The van der Waals surface area contributed by atoms with E-state index < -0.39 is 12.2 Å². The lowest BCUT2D eigenvalue weighted by atomic mass is 10.2. The van der Waals surface area contributed by atoms with Gasteiger partial charge in [0, 0.05) is 13.1 Å². The van der Waals surface area contributed by atoms with Gasteiger partial charge in [0.05, 0.1) is 17.1 Å². The van der Waals surface area contributed by atoms with Gasteiger partial charge >= 0.3 is 0 Å². The molecule has 88 valence electrons. The van der Waals surface area contributed by atoms with Crippen molar-refractivity contribution in [2.75, 3.05) is 13.1 Å². The third-order valence-electron chi connectivity index (χ3n) is 2.87. The minimum absolute atomic E-state index is 0.0811. The number of carbonyl (C=O) groups is 1. The highest BCUT2D eigenvalue weighted by Gasteiger charge is 2.33. The summed E-state index contributed by atoms with van der Waals surface area (Å²) in [6.07, 6.45) is -0.799. The highest BCUT2D eigenvalue weighted by molar-refractivity contribution is 7.12. The van der Waals surface area contributed by atoms with Gasteiger partial charge in [0.25, 0.3) is 5.91 Å². The van der Waals surface area contributed by atoms with Crippen LogP contribution in [-0.2, 0) is 6.42 Å². The van der Waals surface area contributed by atoms with Crippen molar-refractivity contribution in [2.45, 2.75) is 25.6 Å². The zero-order chi connectivity index (χ0) is 11.7. The predicted octanol–water partition coefficient (Wildman–Crippen LogP) is 0.488. The number of aliphatic hydroxyl groups is 2. The van der Waals surface area contributed by atoms with Crippen molar-refractivity contribution in [3.8, 4) is 0 Å². The van der Waals surface area contributed by atoms with Crippen molar-refractivity contribution >= 4 is 17.2 Å². The first-order valence-corrected chi connectivity index (χ1v) is 6.23. The van der Waals surface area contributed by atoms with Gasteiger partial charge in [-0.25, -0.2) is 0 Å². The molecule has 4 nitrogen and oxygen atoms in total. The fourth-order valence-electron chi connectivity index (χ4n) is 1.88. The molecular formula is C11H15NO3S. The van der Waals surface area contributed by atoms with Crippen LogP contribution in [0.4, 0.5) is 0 Å². The summed E-state index contributed by atoms with van der Waals surface area (Å²) in [7, 11) is 0. The Bertz CT molecular complexity index is 380. The zero-order valence-electron chi connectivity index (χ0n) is 9.09. The first-order valence-electron chi connectivity index (χ1n) is 5.35. The highest BCUT2D eigenvalue weighted by atomic mass is 32.1. The Balaban J connectivity index is 2.14. The minimum Gasteiger partial charge on any atom is -0.388 e. The average molecular weight is 241 g/mol. The fourth-order valence-corrected chi connectivity index (χ4v) is 2.84. The monoisotopic (exact) mass is 241 g/mol. The van der Waals surface area contributed by atoms with Gasteiger partial charge in [0.1, 0.15) is 0 Å². The summed E-state index contributed by atoms with van der Waals surface area (Å²) >= 11 is 1.42. The van der Waals surface area contributed by atoms with E-state index in [4.69, 9.17) is 0 Å². The minimum atomic E-state index is -0.811. The topological polar surface area (TPSA) is 60.8 Å². The van der Waals surface area contributed by atoms with Crippen LogP contribution in [0.3, 0.4) is 0 Å². The van der Waals surface area contributed by atoms with Crippen LogP contribution >= 0.6 is 11.3 Å². The summed E-state index contributed by atoms with van der Waals surface area (Å²) in [5, 5.41) is 20.7. The smallest absolute Gasteiger partial charge is 0.264 e. The Morgan fingerprint density at radius 1 is 1.50 bits per heavy atom.